The maximum Gasteiger partial charge on any atom is 0.313 e. The average molecular weight is 404 g/mol. The van der Waals surface area contributed by atoms with Gasteiger partial charge in [-0.1, -0.05) is 38.0 Å². The van der Waals surface area contributed by atoms with Crippen molar-refractivity contribution in [1.82, 2.24) is 9.80 Å². The largest absolute Gasteiger partial charge is 0.461 e. The highest BCUT2D eigenvalue weighted by Crippen LogP contribution is 2.53. The number of hydrogen-bond acceptors (Lipinski definition) is 6. The molecule has 2 amide bonds. The lowest BCUT2D eigenvalue weighted by Crippen LogP contribution is -2.55. The SMILES string of the molecule is CCCCCN1CC=C[C@]23O[C@H]4C=CCOC(=O)[C@H]4[C@H]2C(=O)N(CCO)C3C1=O. The van der Waals surface area contributed by atoms with Gasteiger partial charge in [-0.2, -0.15) is 0 Å². The molecule has 4 heterocycles. The molecule has 1 unspecified atom stereocenters. The summed E-state index contributed by atoms with van der Waals surface area (Å²) >= 11 is 0. The van der Waals surface area contributed by atoms with Crippen LogP contribution in [0, 0.1) is 11.8 Å². The van der Waals surface area contributed by atoms with E-state index >= 15 is 0 Å². The van der Waals surface area contributed by atoms with Crippen LogP contribution >= 0.6 is 0 Å². The zero-order valence-corrected chi connectivity index (χ0v) is 16.7. The van der Waals surface area contributed by atoms with Gasteiger partial charge in [0.15, 0.2) is 0 Å². The summed E-state index contributed by atoms with van der Waals surface area (Å²) < 4.78 is 11.6. The number of amides is 2. The summed E-state index contributed by atoms with van der Waals surface area (Å²) in [5, 5.41) is 9.54. The molecule has 4 aliphatic heterocycles. The lowest BCUT2D eigenvalue weighted by atomic mass is 9.78. The Morgan fingerprint density at radius 1 is 1.17 bits per heavy atom. The van der Waals surface area contributed by atoms with Crippen LogP contribution in [0.5, 0.6) is 0 Å². The van der Waals surface area contributed by atoms with Crippen LogP contribution in [-0.2, 0) is 23.9 Å². The summed E-state index contributed by atoms with van der Waals surface area (Å²) in [5.41, 5.74) is -1.22. The van der Waals surface area contributed by atoms with Gasteiger partial charge < -0.3 is 24.4 Å². The van der Waals surface area contributed by atoms with Gasteiger partial charge in [0.25, 0.3) is 0 Å². The number of carbonyl (C=O) groups excluding carboxylic acids is 3. The van der Waals surface area contributed by atoms with E-state index in [1.165, 1.54) is 4.90 Å². The first kappa shape index (κ1) is 20.1. The summed E-state index contributed by atoms with van der Waals surface area (Å²) in [6, 6.07) is -0.888. The van der Waals surface area contributed by atoms with Crippen LogP contribution in [0.1, 0.15) is 26.2 Å². The summed E-state index contributed by atoms with van der Waals surface area (Å²) in [7, 11) is 0. The van der Waals surface area contributed by atoms with Crippen molar-refractivity contribution in [3.8, 4) is 0 Å². The van der Waals surface area contributed by atoms with Crippen LogP contribution in [0.3, 0.4) is 0 Å². The Morgan fingerprint density at radius 3 is 2.76 bits per heavy atom. The minimum atomic E-state index is -1.22. The summed E-state index contributed by atoms with van der Waals surface area (Å²) in [5.74, 6) is -2.64. The number of aliphatic hydroxyl groups is 1. The minimum absolute atomic E-state index is 0.0236. The summed E-state index contributed by atoms with van der Waals surface area (Å²) in [4.78, 5) is 42.7. The maximum atomic E-state index is 13.5. The van der Waals surface area contributed by atoms with E-state index in [4.69, 9.17) is 9.47 Å². The van der Waals surface area contributed by atoms with Crippen LogP contribution in [0.2, 0.25) is 0 Å². The van der Waals surface area contributed by atoms with Crippen LogP contribution < -0.4 is 0 Å². The molecule has 29 heavy (non-hydrogen) atoms. The number of esters is 1. The van der Waals surface area contributed by atoms with E-state index in [1.807, 2.05) is 6.08 Å². The van der Waals surface area contributed by atoms with Crippen LogP contribution in [0.4, 0.5) is 0 Å². The molecule has 0 bridgehead atoms. The van der Waals surface area contributed by atoms with Crippen molar-refractivity contribution >= 4 is 17.8 Å². The van der Waals surface area contributed by atoms with E-state index in [0.29, 0.717) is 13.1 Å². The molecule has 8 nitrogen and oxygen atoms in total. The number of carbonyl (C=O) groups is 3. The Bertz CT molecular complexity index is 749. The number of aliphatic hydroxyl groups excluding tert-OH is 1. The van der Waals surface area contributed by atoms with Crippen molar-refractivity contribution in [3.63, 3.8) is 0 Å². The fraction of sp³-hybridized carbons (Fsp3) is 0.667. The lowest BCUT2D eigenvalue weighted by molar-refractivity contribution is -0.153. The second kappa shape index (κ2) is 7.91. The Labute approximate surface area is 170 Å². The fourth-order valence-electron chi connectivity index (χ4n) is 5.12. The Balaban J connectivity index is 1.73. The summed E-state index contributed by atoms with van der Waals surface area (Å²) in [6.45, 7) is 3.04. The van der Waals surface area contributed by atoms with E-state index < -0.39 is 35.6 Å². The van der Waals surface area contributed by atoms with Gasteiger partial charge in [-0.25, -0.2) is 0 Å². The molecule has 0 aromatic heterocycles. The third-order valence-electron chi connectivity index (χ3n) is 6.37. The third kappa shape index (κ3) is 3.09. The first-order valence-electron chi connectivity index (χ1n) is 10.4. The number of ether oxygens (including phenoxy) is 2. The van der Waals surface area contributed by atoms with Gasteiger partial charge in [-0.05, 0) is 12.5 Å². The molecule has 0 aromatic carbocycles. The highest BCUT2D eigenvalue weighted by molar-refractivity contribution is 5.99. The van der Waals surface area contributed by atoms with Crippen molar-refractivity contribution < 1.29 is 29.0 Å². The van der Waals surface area contributed by atoms with Crippen molar-refractivity contribution in [3.05, 3.63) is 24.3 Å². The van der Waals surface area contributed by atoms with Crippen molar-refractivity contribution in [2.24, 2.45) is 11.8 Å². The average Bonchev–Trinajstić information content (AvgIpc) is 2.99. The molecule has 0 saturated carbocycles. The lowest BCUT2D eigenvalue weighted by Gasteiger charge is -2.35. The fourth-order valence-corrected chi connectivity index (χ4v) is 5.12. The topological polar surface area (TPSA) is 96.4 Å². The van der Waals surface area contributed by atoms with E-state index in [2.05, 4.69) is 6.92 Å². The molecule has 8 heteroatoms. The molecule has 1 spiro atoms. The third-order valence-corrected chi connectivity index (χ3v) is 6.37. The Kier molecular flexibility index (Phi) is 5.48. The number of fused-ring (bicyclic) bond motifs is 2. The van der Waals surface area contributed by atoms with Crippen LogP contribution in [0.25, 0.3) is 0 Å². The predicted octanol–water partition coefficient (Wildman–Crippen LogP) is 0.261. The molecule has 1 N–H and O–H groups in total. The zero-order valence-electron chi connectivity index (χ0n) is 16.7. The van der Waals surface area contributed by atoms with Crippen LogP contribution in [-0.4, -0.2) is 83.3 Å². The van der Waals surface area contributed by atoms with E-state index in [1.54, 1.807) is 23.1 Å². The van der Waals surface area contributed by atoms with Gasteiger partial charge in [0, 0.05) is 19.6 Å². The molecule has 2 fully saturated rings. The molecule has 0 aliphatic carbocycles. The van der Waals surface area contributed by atoms with Gasteiger partial charge in [-0.15, -0.1) is 0 Å². The zero-order chi connectivity index (χ0) is 20.6. The molecule has 4 aliphatic rings. The second-order valence-corrected chi connectivity index (χ2v) is 8.05. The Morgan fingerprint density at radius 2 is 2.00 bits per heavy atom. The first-order valence-corrected chi connectivity index (χ1v) is 10.4. The number of nitrogens with zero attached hydrogens (tertiary/aromatic N) is 2. The standard InChI is InChI=1S/C21H28N2O6/c1-2-3-4-9-22-10-6-8-21-16(15-14(29-21)7-5-13-28-20(15)27)18(25)23(11-12-24)17(21)19(22)26/h5-8,14-17,24H,2-4,9-13H2,1H3/t14-,15+,16-,17?,21-/m0/s1. The smallest absolute Gasteiger partial charge is 0.313 e. The maximum absolute atomic E-state index is 13.5. The minimum Gasteiger partial charge on any atom is -0.461 e. The number of cyclic esters (lactones) is 1. The molecule has 5 atom stereocenters. The van der Waals surface area contributed by atoms with Gasteiger partial charge in [0.1, 0.15) is 24.2 Å². The summed E-state index contributed by atoms with van der Waals surface area (Å²) in [6.07, 6.45) is 9.47. The number of rotatable bonds is 6. The number of unbranched alkanes of at least 4 members (excludes halogenated alkanes) is 2. The molecular formula is C21H28N2O6. The quantitative estimate of drug-likeness (QED) is 0.388. The van der Waals surface area contributed by atoms with Crippen molar-refractivity contribution in [2.45, 2.75) is 43.9 Å². The van der Waals surface area contributed by atoms with E-state index in [9.17, 15) is 19.5 Å². The molecule has 2 saturated heterocycles. The van der Waals surface area contributed by atoms with Gasteiger partial charge in [0.05, 0.1) is 18.6 Å². The molecule has 4 rings (SSSR count). The highest BCUT2D eigenvalue weighted by Gasteiger charge is 2.71. The normalized spacial score (nSPS) is 35.9. The van der Waals surface area contributed by atoms with Gasteiger partial charge >= 0.3 is 5.97 Å². The first-order chi connectivity index (χ1) is 14.0. The molecule has 0 aromatic rings. The number of likely N-dealkylation sites (tertiary alicyclic amines) is 1. The number of hydrogen-bond donors (Lipinski definition) is 1. The molecule has 0 radical (unpaired) electrons. The molecule has 158 valence electrons. The van der Waals surface area contributed by atoms with Crippen molar-refractivity contribution in [1.29, 1.82) is 0 Å². The Hall–Kier alpha value is -2.19. The molecular weight excluding hydrogens is 376 g/mol. The van der Waals surface area contributed by atoms with E-state index in [0.717, 1.165) is 19.3 Å². The van der Waals surface area contributed by atoms with Gasteiger partial charge in [-0.3, -0.25) is 14.4 Å². The van der Waals surface area contributed by atoms with Gasteiger partial charge in [0.2, 0.25) is 11.8 Å². The number of β-amino-alcohol motifs (C(OH)–C–C–N with tert-alkyl or cyclic N) is 1. The van der Waals surface area contributed by atoms with E-state index in [-0.39, 0.29) is 31.6 Å². The van der Waals surface area contributed by atoms with Crippen molar-refractivity contribution in [2.75, 3.05) is 32.8 Å². The predicted molar refractivity (Wildman–Crippen MR) is 103 cm³/mol. The highest BCUT2D eigenvalue weighted by atomic mass is 16.6. The monoisotopic (exact) mass is 404 g/mol. The van der Waals surface area contributed by atoms with Crippen LogP contribution in [0.15, 0.2) is 24.3 Å². The second-order valence-electron chi connectivity index (χ2n) is 8.05.